The van der Waals surface area contributed by atoms with Crippen molar-refractivity contribution in [2.75, 3.05) is 13.2 Å². The number of nitrogens with zero attached hydrogens (tertiary/aromatic N) is 3. The number of aromatic nitrogens is 2. The largest absolute Gasteiger partial charge is 0.477 e. The Kier molecular flexibility index (Phi) is 3.12. The Hall–Kier alpha value is -1.85. The van der Waals surface area contributed by atoms with Gasteiger partial charge in [0.1, 0.15) is 0 Å². The van der Waals surface area contributed by atoms with E-state index in [9.17, 15) is 9.59 Å². The van der Waals surface area contributed by atoms with Crippen molar-refractivity contribution < 1.29 is 14.3 Å². The Labute approximate surface area is 99.1 Å². The normalized spacial score (nSPS) is 18.1. The Morgan fingerprint density at radius 1 is 1.53 bits per heavy atom. The van der Waals surface area contributed by atoms with Crippen molar-refractivity contribution in [1.29, 1.82) is 0 Å². The van der Waals surface area contributed by atoms with Crippen molar-refractivity contribution in [2.24, 2.45) is 5.92 Å². The maximum atomic E-state index is 11.3. The highest BCUT2D eigenvalue weighted by Gasteiger charge is 2.25. The zero-order chi connectivity index (χ0) is 12.4. The summed E-state index contributed by atoms with van der Waals surface area (Å²) in [5.74, 6) is 0.362. The van der Waals surface area contributed by atoms with Gasteiger partial charge in [-0.1, -0.05) is 0 Å². The lowest BCUT2D eigenvalue weighted by Crippen LogP contribution is -2.41. The summed E-state index contributed by atoms with van der Waals surface area (Å²) in [5, 5.41) is 4.11. The molecule has 0 N–H and O–H groups in total. The average Bonchev–Trinajstić information content (AvgIpc) is 2.71. The number of rotatable bonds is 2. The van der Waals surface area contributed by atoms with Gasteiger partial charge in [-0.05, 0) is 0 Å². The highest BCUT2D eigenvalue weighted by molar-refractivity contribution is 5.92. The van der Waals surface area contributed by atoms with E-state index in [1.54, 1.807) is 16.9 Å². The summed E-state index contributed by atoms with van der Waals surface area (Å²) in [6.45, 7) is 4.33. The molecule has 1 aliphatic rings. The van der Waals surface area contributed by atoms with Crippen LogP contribution in [0.3, 0.4) is 0 Å². The van der Waals surface area contributed by atoms with Gasteiger partial charge >= 0.3 is 0 Å². The molecule has 0 saturated carbocycles. The summed E-state index contributed by atoms with van der Waals surface area (Å²) in [6, 6.07) is 1.80. The van der Waals surface area contributed by atoms with E-state index >= 15 is 0 Å². The Morgan fingerprint density at radius 2 is 2.24 bits per heavy atom. The van der Waals surface area contributed by atoms with E-state index in [2.05, 4.69) is 5.10 Å². The first-order valence-electron chi connectivity index (χ1n) is 5.51. The second-order valence-corrected chi connectivity index (χ2v) is 4.18. The van der Waals surface area contributed by atoms with E-state index in [4.69, 9.17) is 4.74 Å². The molecule has 2 heterocycles. The van der Waals surface area contributed by atoms with Gasteiger partial charge in [-0.3, -0.25) is 14.5 Å². The van der Waals surface area contributed by atoms with E-state index in [1.165, 1.54) is 18.7 Å². The third-order valence-corrected chi connectivity index (χ3v) is 2.78. The van der Waals surface area contributed by atoms with Crippen LogP contribution in [0, 0.1) is 5.92 Å². The fraction of sp³-hybridized carbons (Fsp3) is 0.545. The van der Waals surface area contributed by atoms with Gasteiger partial charge in [-0.25, -0.2) is 4.68 Å². The first-order chi connectivity index (χ1) is 8.08. The third-order valence-electron chi connectivity index (χ3n) is 2.78. The minimum atomic E-state index is -0.233. The molecule has 2 amide bonds. The minimum Gasteiger partial charge on any atom is -0.477 e. The van der Waals surface area contributed by atoms with E-state index < -0.39 is 0 Å². The lowest BCUT2D eigenvalue weighted by molar-refractivity contribution is -0.143. The summed E-state index contributed by atoms with van der Waals surface area (Å²) in [7, 11) is 0. The SMILES string of the molecule is CC(=O)N(CC1COc2ccnn2C1)C(C)=O. The highest BCUT2D eigenvalue weighted by atomic mass is 16.5. The molecule has 17 heavy (non-hydrogen) atoms. The van der Waals surface area contributed by atoms with Crippen LogP contribution < -0.4 is 4.74 Å². The van der Waals surface area contributed by atoms with Crippen LogP contribution >= 0.6 is 0 Å². The van der Waals surface area contributed by atoms with Crippen molar-refractivity contribution >= 4 is 11.8 Å². The van der Waals surface area contributed by atoms with Gasteiger partial charge in [-0.15, -0.1) is 0 Å². The summed E-state index contributed by atoms with van der Waals surface area (Å²) >= 11 is 0. The lowest BCUT2D eigenvalue weighted by atomic mass is 10.1. The Bertz CT molecular complexity index is 427. The third kappa shape index (κ3) is 2.46. The van der Waals surface area contributed by atoms with E-state index in [1.807, 2.05) is 0 Å². The molecule has 0 aromatic carbocycles. The van der Waals surface area contributed by atoms with Gasteiger partial charge in [0.05, 0.1) is 19.3 Å². The Balaban J connectivity index is 2.01. The summed E-state index contributed by atoms with van der Waals surface area (Å²) in [4.78, 5) is 23.8. The van der Waals surface area contributed by atoms with Gasteiger partial charge in [0.25, 0.3) is 0 Å². The van der Waals surface area contributed by atoms with Crippen molar-refractivity contribution in [3.63, 3.8) is 0 Å². The number of imide groups is 1. The van der Waals surface area contributed by atoms with Crippen molar-refractivity contribution in [1.82, 2.24) is 14.7 Å². The average molecular weight is 237 g/mol. The topological polar surface area (TPSA) is 64.4 Å². The van der Waals surface area contributed by atoms with Crippen molar-refractivity contribution in [2.45, 2.75) is 20.4 Å². The summed E-state index contributed by atoms with van der Waals surface area (Å²) in [5.41, 5.74) is 0. The van der Waals surface area contributed by atoms with Gasteiger partial charge in [0.15, 0.2) is 0 Å². The molecule has 92 valence electrons. The van der Waals surface area contributed by atoms with E-state index in [0.717, 1.165) is 5.88 Å². The molecule has 0 bridgehead atoms. The lowest BCUT2D eigenvalue weighted by Gasteiger charge is -2.28. The zero-order valence-electron chi connectivity index (χ0n) is 9.92. The number of carbonyl (C=O) groups is 2. The second kappa shape index (κ2) is 4.57. The van der Waals surface area contributed by atoms with Crippen LogP contribution in [0.1, 0.15) is 13.8 Å². The molecule has 0 saturated heterocycles. The van der Waals surface area contributed by atoms with Crippen LogP contribution in [-0.4, -0.2) is 39.6 Å². The first-order valence-corrected chi connectivity index (χ1v) is 5.51. The van der Waals surface area contributed by atoms with Crippen molar-refractivity contribution in [3.05, 3.63) is 12.3 Å². The molecule has 0 spiro atoms. The molecule has 1 unspecified atom stereocenters. The van der Waals surface area contributed by atoms with E-state index in [-0.39, 0.29) is 17.7 Å². The predicted octanol–water partition coefficient (Wildman–Crippen LogP) is 0.287. The first kappa shape index (κ1) is 11.6. The Morgan fingerprint density at radius 3 is 2.88 bits per heavy atom. The fourth-order valence-electron chi connectivity index (χ4n) is 1.93. The van der Waals surface area contributed by atoms with Crippen molar-refractivity contribution in [3.8, 4) is 5.88 Å². The van der Waals surface area contributed by atoms with Gasteiger partial charge in [0, 0.05) is 32.4 Å². The summed E-state index contributed by atoms with van der Waals surface area (Å²) < 4.78 is 7.23. The number of hydrogen-bond acceptors (Lipinski definition) is 4. The second-order valence-electron chi connectivity index (χ2n) is 4.18. The number of carbonyl (C=O) groups excluding carboxylic acids is 2. The van der Waals surface area contributed by atoms with Gasteiger partial charge < -0.3 is 4.74 Å². The maximum absolute atomic E-state index is 11.3. The van der Waals surface area contributed by atoms with Crippen LogP contribution in [-0.2, 0) is 16.1 Å². The number of fused-ring (bicyclic) bond motifs is 1. The molecule has 1 aliphatic heterocycles. The van der Waals surface area contributed by atoms with Crippen LogP contribution in [0.5, 0.6) is 5.88 Å². The van der Waals surface area contributed by atoms with Crippen LogP contribution in [0.15, 0.2) is 12.3 Å². The quantitative estimate of drug-likeness (QED) is 0.741. The molecular formula is C11H15N3O3. The maximum Gasteiger partial charge on any atom is 0.226 e. The molecule has 1 aromatic rings. The molecule has 1 aromatic heterocycles. The van der Waals surface area contributed by atoms with Crippen LogP contribution in [0.4, 0.5) is 0 Å². The smallest absolute Gasteiger partial charge is 0.226 e. The molecule has 0 radical (unpaired) electrons. The summed E-state index contributed by atoms with van der Waals surface area (Å²) in [6.07, 6.45) is 1.67. The molecule has 0 fully saturated rings. The molecular weight excluding hydrogens is 222 g/mol. The zero-order valence-corrected chi connectivity index (χ0v) is 9.92. The molecule has 2 rings (SSSR count). The fourth-order valence-corrected chi connectivity index (χ4v) is 1.93. The van der Waals surface area contributed by atoms with Gasteiger partial charge in [-0.2, -0.15) is 5.10 Å². The molecule has 6 nitrogen and oxygen atoms in total. The minimum absolute atomic E-state index is 0.0928. The number of hydrogen-bond donors (Lipinski definition) is 0. The van der Waals surface area contributed by atoms with E-state index in [0.29, 0.717) is 19.7 Å². The number of amides is 2. The molecule has 1 atom stereocenters. The molecule has 6 heteroatoms. The highest BCUT2D eigenvalue weighted by Crippen LogP contribution is 2.19. The van der Waals surface area contributed by atoms with Crippen LogP contribution in [0.25, 0.3) is 0 Å². The monoisotopic (exact) mass is 237 g/mol. The van der Waals surface area contributed by atoms with Gasteiger partial charge in [0.2, 0.25) is 17.7 Å². The standard InChI is InChI=1S/C11H15N3O3/c1-8(15)13(9(2)16)5-10-6-14-11(17-7-10)3-4-12-14/h3-4,10H,5-7H2,1-2H3. The molecule has 0 aliphatic carbocycles. The number of ether oxygens (including phenoxy) is 1. The van der Waals surface area contributed by atoms with Crippen LogP contribution in [0.2, 0.25) is 0 Å². The predicted molar refractivity (Wildman–Crippen MR) is 59.3 cm³/mol.